The minimum absolute atomic E-state index is 0.121. The monoisotopic (exact) mass is 342 g/mol. The molecule has 0 amide bonds. The van der Waals surface area contributed by atoms with Gasteiger partial charge in [-0.1, -0.05) is 6.07 Å². The highest BCUT2D eigenvalue weighted by Crippen LogP contribution is 2.08. The molecule has 0 fully saturated rings. The van der Waals surface area contributed by atoms with Crippen LogP contribution in [0.1, 0.15) is 5.56 Å². The van der Waals surface area contributed by atoms with Crippen molar-refractivity contribution >= 4 is 28.4 Å². The predicted octanol–water partition coefficient (Wildman–Crippen LogP) is 1.42. The van der Waals surface area contributed by atoms with E-state index in [2.05, 4.69) is 20.3 Å². The van der Waals surface area contributed by atoms with Gasteiger partial charge >= 0.3 is 0 Å². The summed E-state index contributed by atoms with van der Waals surface area (Å²) in [6.45, 7) is 0.720. The molecule has 0 aliphatic carbocycles. The van der Waals surface area contributed by atoms with Crippen LogP contribution in [0.5, 0.6) is 0 Å². The number of H-pyrrole nitrogens is 1. The fraction of sp³-hybridized carbons (Fsp3) is 0.182. The van der Waals surface area contributed by atoms with Crippen LogP contribution in [0.4, 0.5) is 5.82 Å². The maximum Gasteiger partial charge on any atom is 0.266 e. The quantitative estimate of drug-likeness (QED) is 0.825. The van der Waals surface area contributed by atoms with E-state index in [1.165, 1.54) is 6.33 Å². The van der Waals surface area contributed by atoms with Crippen molar-refractivity contribution in [1.82, 2.24) is 15.0 Å². The summed E-state index contributed by atoms with van der Waals surface area (Å²) in [5, 5.41) is 3.14. The summed E-state index contributed by atoms with van der Waals surface area (Å²) >= 11 is 1.98. The summed E-state index contributed by atoms with van der Waals surface area (Å²) in [5.74, 6) is 0.623. The van der Waals surface area contributed by atoms with Crippen LogP contribution < -0.4 is 10.9 Å². The van der Waals surface area contributed by atoms with Crippen LogP contribution in [0.25, 0.3) is 0 Å². The van der Waals surface area contributed by atoms with Gasteiger partial charge in [0.2, 0.25) is 0 Å². The Kier molecular flexibility index (Phi) is 4.08. The van der Waals surface area contributed by atoms with Crippen molar-refractivity contribution < 1.29 is 0 Å². The van der Waals surface area contributed by atoms with Gasteiger partial charge in [0.25, 0.3) is 5.56 Å². The van der Waals surface area contributed by atoms with E-state index in [1.807, 2.05) is 40.9 Å². The van der Waals surface area contributed by atoms with Gasteiger partial charge < -0.3 is 10.3 Å². The van der Waals surface area contributed by atoms with Crippen LogP contribution in [0.2, 0.25) is 0 Å². The average Bonchev–Trinajstić information content (AvgIpc) is 2.36. The number of nitrogens with zero attached hydrogens (tertiary/aromatic N) is 2. The molecular formula is C11H11IN4O. The molecule has 0 atom stereocenters. The summed E-state index contributed by atoms with van der Waals surface area (Å²) in [6.07, 6.45) is 5.82. The second-order valence-electron chi connectivity index (χ2n) is 3.43. The Bertz CT molecular complexity index is 541. The van der Waals surface area contributed by atoms with E-state index in [-0.39, 0.29) is 5.56 Å². The second kappa shape index (κ2) is 5.76. The minimum Gasteiger partial charge on any atom is -0.369 e. The van der Waals surface area contributed by atoms with Crippen LogP contribution in [0.15, 0.2) is 35.6 Å². The van der Waals surface area contributed by atoms with Gasteiger partial charge in [0.05, 0.1) is 6.33 Å². The van der Waals surface area contributed by atoms with Gasteiger partial charge in [0.15, 0.2) is 0 Å². The molecule has 0 unspecified atom stereocenters. The van der Waals surface area contributed by atoms with Crippen LogP contribution in [-0.2, 0) is 6.42 Å². The average molecular weight is 342 g/mol. The van der Waals surface area contributed by atoms with E-state index in [0.29, 0.717) is 9.39 Å². The zero-order chi connectivity index (χ0) is 12.1. The molecule has 2 N–H and O–H groups in total. The van der Waals surface area contributed by atoms with Gasteiger partial charge in [0, 0.05) is 18.9 Å². The molecular weight excluding hydrogens is 331 g/mol. The maximum absolute atomic E-state index is 11.3. The first-order valence-corrected chi connectivity index (χ1v) is 6.21. The van der Waals surface area contributed by atoms with E-state index in [1.54, 1.807) is 6.20 Å². The van der Waals surface area contributed by atoms with E-state index in [4.69, 9.17) is 0 Å². The Morgan fingerprint density at radius 3 is 3.12 bits per heavy atom. The fourth-order valence-electron chi connectivity index (χ4n) is 1.38. The van der Waals surface area contributed by atoms with Crippen LogP contribution in [-0.4, -0.2) is 21.5 Å². The summed E-state index contributed by atoms with van der Waals surface area (Å²) < 4.78 is 0.580. The molecule has 6 heteroatoms. The van der Waals surface area contributed by atoms with Gasteiger partial charge in [-0.3, -0.25) is 9.78 Å². The summed E-state index contributed by atoms with van der Waals surface area (Å²) in [6, 6.07) is 3.93. The standard InChI is InChI=1S/C11H11IN4O/c12-9-10(15-7-16-11(9)17)14-5-3-8-2-1-4-13-6-8/h1-2,4,6-7H,3,5H2,(H2,14,15,16,17). The van der Waals surface area contributed by atoms with Crippen molar-refractivity contribution in [2.75, 3.05) is 11.9 Å². The highest BCUT2D eigenvalue weighted by atomic mass is 127. The summed E-state index contributed by atoms with van der Waals surface area (Å²) in [7, 11) is 0. The zero-order valence-electron chi connectivity index (χ0n) is 8.98. The van der Waals surface area contributed by atoms with E-state index in [0.717, 1.165) is 18.5 Å². The lowest BCUT2D eigenvalue weighted by molar-refractivity contribution is 0.979. The Labute approximate surface area is 112 Å². The topological polar surface area (TPSA) is 70.7 Å². The van der Waals surface area contributed by atoms with Crippen molar-refractivity contribution in [3.63, 3.8) is 0 Å². The van der Waals surface area contributed by atoms with Crippen molar-refractivity contribution in [3.8, 4) is 0 Å². The molecule has 0 saturated heterocycles. The van der Waals surface area contributed by atoms with E-state index in [9.17, 15) is 4.79 Å². The molecule has 2 aromatic heterocycles. The van der Waals surface area contributed by atoms with Crippen molar-refractivity contribution in [3.05, 3.63) is 50.3 Å². The first-order valence-electron chi connectivity index (χ1n) is 5.13. The maximum atomic E-state index is 11.3. The number of pyridine rings is 1. The third-order valence-corrected chi connectivity index (χ3v) is 3.23. The lowest BCUT2D eigenvalue weighted by Crippen LogP contribution is -2.16. The third-order valence-electron chi connectivity index (χ3n) is 2.23. The number of rotatable bonds is 4. The van der Waals surface area contributed by atoms with E-state index < -0.39 is 0 Å². The van der Waals surface area contributed by atoms with E-state index >= 15 is 0 Å². The summed E-state index contributed by atoms with van der Waals surface area (Å²) in [4.78, 5) is 22.0. The fourth-order valence-corrected chi connectivity index (χ4v) is 1.86. The van der Waals surface area contributed by atoms with Crippen LogP contribution in [0.3, 0.4) is 0 Å². The molecule has 2 aromatic rings. The molecule has 0 radical (unpaired) electrons. The largest absolute Gasteiger partial charge is 0.369 e. The Morgan fingerprint density at radius 2 is 2.35 bits per heavy atom. The molecule has 0 aliphatic heterocycles. The molecule has 2 heterocycles. The number of anilines is 1. The smallest absolute Gasteiger partial charge is 0.266 e. The normalized spacial score (nSPS) is 10.2. The molecule has 0 aliphatic rings. The molecule has 0 spiro atoms. The third kappa shape index (κ3) is 3.26. The number of nitrogens with one attached hydrogen (secondary N) is 2. The molecule has 88 valence electrons. The van der Waals surface area contributed by atoms with Gasteiger partial charge in [-0.15, -0.1) is 0 Å². The van der Waals surface area contributed by atoms with Gasteiger partial charge in [0.1, 0.15) is 9.39 Å². The number of hydrogen-bond donors (Lipinski definition) is 2. The van der Waals surface area contributed by atoms with Crippen LogP contribution in [0, 0.1) is 3.57 Å². The van der Waals surface area contributed by atoms with Gasteiger partial charge in [-0.2, -0.15) is 0 Å². The molecule has 5 nitrogen and oxygen atoms in total. The highest BCUT2D eigenvalue weighted by molar-refractivity contribution is 14.1. The molecule has 2 rings (SSSR count). The molecule has 0 saturated carbocycles. The number of hydrogen-bond acceptors (Lipinski definition) is 4. The zero-order valence-corrected chi connectivity index (χ0v) is 11.1. The Hall–Kier alpha value is -1.44. The highest BCUT2D eigenvalue weighted by Gasteiger charge is 2.03. The second-order valence-corrected chi connectivity index (χ2v) is 4.51. The number of aromatic nitrogens is 3. The Morgan fingerprint density at radius 1 is 1.47 bits per heavy atom. The molecule has 17 heavy (non-hydrogen) atoms. The van der Waals surface area contributed by atoms with Gasteiger partial charge in [-0.25, -0.2) is 4.98 Å². The van der Waals surface area contributed by atoms with Gasteiger partial charge in [-0.05, 0) is 40.6 Å². The van der Waals surface area contributed by atoms with Crippen molar-refractivity contribution in [2.45, 2.75) is 6.42 Å². The summed E-state index contributed by atoms with van der Waals surface area (Å²) in [5.41, 5.74) is 1.03. The number of aromatic amines is 1. The van der Waals surface area contributed by atoms with Crippen LogP contribution >= 0.6 is 22.6 Å². The molecule has 0 bridgehead atoms. The predicted molar refractivity (Wildman–Crippen MR) is 74.0 cm³/mol. The molecule has 0 aromatic carbocycles. The van der Waals surface area contributed by atoms with Crippen molar-refractivity contribution in [1.29, 1.82) is 0 Å². The van der Waals surface area contributed by atoms with Crippen molar-refractivity contribution in [2.24, 2.45) is 0 Å². The number of halogens is 1. The lowest BCUT2D eigenvalue weighted by Gasteiger charge is -2.06. The minimum atomic E-state index is -0.121. The SMILES string of the molecule is O=c1[nH]cnc(NCCc2cccnc2)c1I. The first kappa shape index (κ1) is 12.0. The Balaban J connectivity index is 1.95. The lowest BCUT2D eigenvalue weighted by atomic mass is 10.2. The first-order chi connectivity index (χ1) is 8.27.